The Kier molecular flexibility index (Phi) is 12.7. The third kappa shape index (κ3) is 10.6. The van der Waals surface area contributed by atoms with Crippen molar-refractivity contribution >= 4 is 45.6 Å². The summed E-state index contributed by atoms with van der Waals surface area (Å²) in [7, 11) is 0. The van der Waals surface area contributed by atoms with Crippen LogP contribution >= 0.6 is 34.2 Å². The molecule has 0 fully saturated rings. The molecule has 1 nitrogen and oxygen atoms in total. The van der Waals surface area contributed by atoms with E-state index in [0.29, 0.717) is 17.2 Å². The van der Waals surface area contributed by atoms with Crippen molar-refractivity contribution in [1.82, 2.24) is 0 Å². The molecule has 0 bridgehead atoms. The van der Waals surface area contributed by atoms with Crippen LogP contribution in [0.2, 0.25) is 5.02 Å². The first-order chi connectivity index (χ1) is 13.4. The molecule has 0 unspecified atom stereocenters. The van der Waals surface area contributed by atoms with Gasteiger partial charge in [0.25, 0.3) is 0 Å². The second kappa shape index (κ2) is 13.0. The minimum Gasteiger partial charge on any atom is -0.658 e. The van der Waals surface area contributed by atoms with E-state index in [9.17, 15) is 26.3 Å². The van der Waals surface area contributed by atoms with Crippen molar-refractivity contribution in [2.45, 2.75) is 12.4 Å². The van der Waals surface area contributed by atoms with E-state index in [1.165, 1.54) is 27.8 Å². The summed E-state index contributed by atoms with van der Waals surface area (Å²) in [6.45, 7) is 0. The molecule has 0 N–H and O–H groups in total. The summed E-state index contributed by atoms with van der Waals surface area (Å²) in [6.07, 6.45) is -9.79. The number of benzene rings is 3. The molecule has 0 aliphatic carbocycles. The van der Waals surface area contributed by atoms with E-state index in [4.69, 9.17) is 11.6 Å². The number of nitrogens with zero attached hydrogens (tertiary/aromatic N) is 1. The van der Waals surface area contributed by atoms with Gasteiger partial charge < -0.3 is 5.32 Å². The minimum absolute atomic E-state index is 0. The normalized spacial score (nSPS) is 10.7. The van der Waals surface area contributed by atoms with E-state index in [1.807, 2.05) is 24.3 Å². The molecule has 0 saturated heterocycles. The first kappa shape index (κ1) is 30.2. The molecular weight excluding hydrogens is 601 g/mol. The number of rotatable bonds is 2. The predicted molar refractivity (Wildman–Crippen MR) is 109 cm³/mol. The largest absolute Gasteiger partial charge is 1.00 e. The van der Waals surface area contributed by atoms with Crippen LogP contribution in [0.1, 0.15) is 11.1 Å². The van der Waals surface area contributed by atoms with Crippen LogP contribution in [0.15, 0.2) is 66.7 Å². The molecule has 3 aromatic carbocycles. The summed E-state index contributed by atoms with van der Waals surface area (Å²) in [4.78, 5) is 0. The summed E-state index contributed by atoms with van der Waals surface area (Å²) in [5, 5.41) is 4.15. The van der Waals surface area contributed by atoms with Crippen LogP contribution < -0.4 is 18.9 Å². The summed E-state index contributed by atoms with van der Waals surface area (Å²) in [5.74, 6) is 0. The maximum absolute atomic E-state index is 12.7. The van der Waals surface area contributed by atoms with Crippen LogP contribution in [-0.2, 0) is 29.4 Å². The van der Waals surface area contributed by atoms with E-state index < -0.39 is 29.2 Å². The van der Waals surface area contributed by atoms with Crippen LogP contribution in [0, 0.1) is 9.64 Å². The zero-order chi connectivity index (χ0) is 21.7. The van der Waals surface area contributed by atoms with E-state index in [-0.39, 0.29) is 47.7 Å². The fraction of sp³-hybridized carbons (Fsp3) is 0.100. The van der Waals surface area contributed by atoms with E-state index >= 15 is 0 Å². The van der Waals surface area contributed by atoms with Gasteiger partial charge in [0, 0.05) is 5.02 Å². The SMILES string of the molecule is FC(F)(F)c1cc([N-]c2ccc(Cl)cc2)cc(C(F)(F)F)c1.Ic1c[c-]ccc1.[Cu+].[Li+]. The Morgan fingerprint density at radius 1 is 0.806 bits per heavy atom. The van der Waals surface area contributed by atoms with Crippen molar-refractivity contribution in [1.29, 1.82) is 0 Å². The van der Waals surface area contributed by atoms with Gasteiger partial charge in [-0.1, -0.05) is 39.4 Å². The molecule has 0 aliphatic heterocycles. The van der Waals surface area contributed by atoms with E-state index in [2.05, 4.69) is 34.0 Å². The van der Waals surface area contributed by atoms with Crippen molar-refractivity contribution in [3.05, 3.63) is 97.8 Å². The maximum atomic E-state index is 12.7. The molecule has 0 saturated carbocycles. The molecule has 0 atom stereocenters. The van der Waals surface area contributed by atoms with Gasteiger partial charge in [0.2, 0.25) is 0 Å². The number of halogens is 8. The molecule has 3 aromatic rings. The van der Waals surface area contributed by atoms with Gasteiger partial charge in [-0.3, -0.25) is 0 Å². The van der Waals surface area contributed by atoms with Gasteiger partial charge in [-0.2, -0.15) is 56.7 Å². The Morgan fingerprint density at radius 3 is 1.68 bits per heavy atom. The van der Waals surface area contributed by atoms with Crippen LogP contribution in [0.25, 0.3) is 5.32 Å². The van der Waals surface area contributed by atoms with Gasteiger partial charge >= 0.3 is 48.3 Å². The smallest absolute Gasteiger partial charge is 0.658 e. The molecule has 0 radical (unpaired) electrons. The number of hydrogen-bond acceptors (Lipinski definition) is 0. The van der Waals surface area contributed by atoms with Crippen LogP contribution in [0.4, 0.5) is 37.7 Å². The quantitative estimate of drug-likeness (QED) is 0.150. The van der Waals surface area contributed by atoms with E-state index in [1.54, 1.807) is 0 Å². The molecule has 11 heteroatoms. The van der Waals surface area contributed by atoms with Crippen LogP contribution in [0.3, 0.4) is 0 Å². The topological polar surface area (TPSA) is 14.1 Å². The molecular formula is C20H11ClCuF6ILiN. The zero-order valence-corrected chi connectivity index (χ0v) is 19.5. The molecule has 0 heterocycles. The Hall–Kier alpha value is -0.823. The summed E-state index contributed by atoms with van der Waals surface area (Å²) >= 11 is 7.89. The predicted octanol–water partition coefficient (Wildman–Crippen LogP) is 5.81. The molecule has 164 valence electrons. The van der Waals surface area contributed by atoms with Crippen LogP contribution in [-0.4, -0.2) is 0 Å². The fourth-order valence-electron chi connectivity index (χ4n) is 2.04. The van der Waals surface area contributed by atoms with Crippen molar-refractivity contribution < 1.29 is 62.3 Å². The minimum atomic E-state index is -4.90. The Morgan fingerprint density at radius 2 is 1.32 bits per heavy atom. The monoisotopic (exact) mass is 611 g/mol. The van der Waals surface area contributed by atoms with Crippen molar-refractivity contribution in [3.63, 3.8) is 0 Å². The Bertz CT molecular complexity index is 905. The first-order valence-electron chi connectivity index (χ1n) is 7.83. The maximum Gasteiger partial charge on any atom is 1.00 e. The van der Waals surface area contributed by atoms with Crippen LogP contribution in [0.5, 0.6) is 0 Å². The summed E-state index contributed by atoms with van der Waals surface area (Å²) in [6, 6.07) is 17.6. The first-order valence-corrected chi connectivity index (χ1v) is 9.29. The van der Waals surface area contributed by atoms with Gasteiger partial charge in [0.15, 0.2) is 0 Å². The van der Waals surface area contributed by atoms with Crippen molar-refractivity contribution in [3.8, 4) is 0 Å². The third-order valence-corrected chi connectivity index (χ3v) is 4.25. The Labute approximate surface area is 216 Å². The average molecular weight is 612 g/mol. The van der Waals surface area contributed by atoms with Gasteiger partial charge in [0.05, 0.1) is 11.1 Å². The van der Waals surface area contributed by atoms with Gasteiger partial charge in [0.1, 0.15) is 0 Å². The second-order valence-corrected chi connectivity index (χ2v) is 7.26. The van der Waals surface area contributed by atoms with Gasteiger partial charge in [-0.05, 0) is 18.2 Å². The third-order valence-electron chi connectivity index (χ3n) is 3.33. The Balaban J connectivity index is 0.000000854. The molecule has 0 aromatic heterocycles. The van der Waals surface area contributed by atoms with Crippen molar-refractivity contribution in [2.75, 3.05) is 0 Å². The second-order valence-electron chi connectivity index (χ2n) is 5.57. The molecule has 0 spiro atoms. The van der Waals surface area contributed by atoms with E-state index in [0.717, 1.165) is 0 Å². The molecule has 3 rings (SSSR count). The molecule has 0 amide bonds. The van der Waals surface area contributed by atoms with Crippen molar-refractivity contribution in [2.24, 2.45) is 0 Å². The molecule has 0 aliphatic rings. The summed E-state index contributed by atoms with van der Waals surface area (Å²) in [5.41, 5.74) is -3.06. The number of alkyl halides is 6. The number of hydrogen-bond donors (Lipinski definition) is 0. The molecule has 31 heavy (non-hydrogen) atoms. The summed E-state index contributed by atoms with van der Waals surface area (Å²) < 4.78 is 77.4. The fourth-order valence-corrected chi connectivity index (χ4v) is 2.55. The zero-order valence-electron chi connectivity index (χ0n) is 15.6. The average Bonchev–Trinajstić information content (AvgIpc) is 2.63. The van der Waals surface area contributed by atoms with Gasteiger partial charge in [-0.25, -0.2) is 0 Å². The standard InChI is InChI=1S/C14H7ClF6N.C6H4I.Cu.Li/c15-10-1-3-11(4-2-10)22-12-6-8(13(16,17)18)5-9(7-12)14(19,20)21;7-6-4-2-1-3-5-6;;/h1-7H;1-2,4-5H;;/q2*-1;2*+1. The van der Waals surface area contributed by atoms with Gasteiger partial charge in [-0.15, -0.1) is 34.0 Å².